The first kappa shape index (κ1) is 22.0. The zero-order valence-electron chi connectivity index (χ0n) is 18.2. The van der Waals surface area contributed by atoms with E-state index in [1.54, 1.807) is 37.5 Å². The molecule has 32 heavy (non-hydrogen) atoms. The summed E-state index contributed by atoms with van der Waals surface area (Å²) in [6.07, 6.45) is 3.35. The minimum atomic E-state index is -0.196. The van der Waals surface area contributed by atoms with E-state index in [0.29, 0.717) is 46.6 Å². The number of nitrogens with one attached hydrogen (secondary N) is 1. The van der Waals surface area contributed by atoms with Crippen LogP contribution >= 0.6 is 11.3 Å². The Hall–Kier alpha value is -3.17. The molecule has 2 amide bonds. The average molecular weight is 452 g/mol. The van der Waals surface area contributed by atoms with Crippen molar-refractivity contribution in [3.63, 3.8) is 0 Å². The van der Waals surface area contributed by atoms with Crippen LogP contribution in [-0.2, 0) is 11.3 Å². The van der Waals surface area contributed by atoms with Gasteiger partial charge in [0.15, 0.2) is 10.8 Å². The number of hydrogen-bond acceptors (Lipinski definition) is 7. The average Bonchev–Trinajstić information content (AvgIpc) is 3.19. The fraction of sp³-hybridized carbons (Fsp3) is 0.348. The second-order valence-electron chi connectivity index (χ2n) is 7.85. The summed E-state index contributed by atoms with van der Waals surface area (Å²) in [4.78, 5) is 40.6. The van der Waals surface area contributed by atoms with E-state index in [2.05, 4.69) is 20.3 Å². The zero-order valence-corrected chi connectivity index (χ0v) is 19.1. The maximum absolute atomic E-state index is 12.8. The van der Waals surface area contributed by atoms with E-state index < -0.39 is 0 Å². The molecule has 1 aromatic carbocycles. The third-order valence-electron chi connectivity index (χ3n) is 5.12. The second-order valence-corrected chi connectivity index (χ2v) is 8.85. The summed E-state index contributed by atoms with van der Waals surface area (Å²) in [6.45, 7) is 7.28. The highest BCUT2D eigenvalue weighted by atomic mass is 32.1. The number of benzene rings is 1. The Balaban J connectivity index is 1.37. The molecule has 3 aromatic rings. The van der Waals surface area contributed by atoms with Crippen LogP contribution in [0.15, 0.2) is 42.7 Å². The van der Waals surface area contributed by atoms with Crippen molar-refractivity contribution >= 4 is 23.2 Å². The summed E-state index contributed by atoms with van der Waals surface area (Å²) < 4.78 is 5.70. The van der Waals surface area contributed by atoms with Crippen molar-refractivity contribution in [3.05, 3.63) is 64.4 Å². The van der Waals surface area contributed by atoms with Crippen LogP contribution in [0, 0.1) is 6.92 Å². The van der Waals surface area contributed by atoms with E-state index in [9.17, 15) is 9.59 Å². The maximum atomic E-state index is 12.8. The fourth-order valence-corrected chi connectivity index (χ4v) is 4.60. The summed E-state index contributed by atoms with van der Waals surface area (Å²) in [6, 6.07) is 9.07. The Kier molecular flexibility index (Phi) is 6.57. The first-order valence-corrected chi connectivity index (χ1v) is 11.3. The molecule has 0 spiro atoms. The van der Waals surface area contributed by atoms with Gasteiger partial charge in [-0.25, -0.2) is 15.0 Å². The van der Waals surface area contributed by atoms with Gasteiger partial charge in [0.25, 0.3) is 11.8 Å². The first-order chi connectivity index (χ1) is 15.4. The number of aryl methyl sites for hydroxylation is 1. The molecule has 2 aromatic heterocycles. The molecule has 4 rings (SSSR count). The van der Waals surface area contributed by atoms with Gasteiger partial charge in [-0.15, -0.1) is 11.3 Å². The van der Waals surface area contributed by atoms with Gasteiger partial charge in [-0.3, -0.25) is 9.59 Å². The van der Waals surface area contributed by atoms with Gasteiger partial charge in [0.2, 0.25) is 0 Å². The lowest BCUT2D eigenvalue weighted by molar-refractivity contribution is -0.0586. The molecule has 2 unspecified atom stereocenters. The lowest BCUT2D eigenvalue weighted by Crippen LogP contribution is -2.48. The molecule has 1 aliphatic rings. The van der Waals surface area contributed by atoms with E-state index in [-0.39, 0.29) is 24.0 Å². The van der Waals surface area contributed by atoms with Crippen LogP contribution < -0.4 is 5.32 Å². The number of rotatable bonds is 5. The van der Waals surface area contributed by atoms with Gasteiger partial charge >= 0.3 is 0 Å². The number of ether oxygens (including phenoxy) is 1. The minimum absolute atomic E-state index is 0.00136. The number of thiazole rings is 1. The molecule has 166 valence electrons. The van der Waals surface area contributed by atoms with Crippen LogP contribution in [-0.4, -0.2) is 57.0 Å². The molecule has 2 atom stereocenters. The Morgan fingerprint density at radius 1 is 1.12 bits per heavy atom. The largest absolute Gasteiger partial charge is 0.372 e. The highest BCUT2D eigenvalue weighted by Gasteiger charge is 2.26. The number of carbonyl (C=O) groups excluding carboxylic acids is 2. The molecule has 1 fully saturated rings. The predicted octanol–water partition coefficient (Wildman–Crippen LogP) is 3.09. The summed E-state index contributed by atoms with van der Waals surface area (Å²) >= 11 is 1.27. The van der Waals surface area contributed by atoms with Crippen LogP contribution in [0.25, 0.3) is 10.8 Å². The van der Waals surface area contributed by atoms with Gasteiger partial charge in [-0.1, -0.05) is 12.1 Å². The molecule has 8 nitrogen and oxygen atoms in total. The maximum Gasteiger partial charge on any atom is 0.263 e. The van der Waals surface area contributed by atoms with E-state index in [4.69, 9.17) is 4.74 Å². The summed E-state index contributed by atoms with van der Waals surface area (Å²) in [5, 5.41) is 3.54. The third-order valence-corrected chi connectivity index (χ3v) is 6.27. The number of amides is 2. The molecule has 1 saturated heterocycles. The highest BCUT2D eigenvalue weighted by molar-refractivity contribution is 7.17. The lowest BCUT2D eigenvalue weighted by atomic mass is 10.1. The third kappa shape index (κ3) is 5.00. The van der Waals surface area contributed by atoms with Crippen LogP contribution in [0.3, 0.4) is 0 Å². The van der Waals surface area contributed by atoms with Crippen LogP contribution in [0.5, 0.6) is 0 Å². The highest BCUT2D eigenvalue weighted by Crippen LogP contribution is 2.25. The quantitative estimate of drug-likeness (QED) is 0.640. The zero-order chi connectivity index (χ0) is 22.7. The molecule has 1 N–H and O–H groups in total. The molecule has 0 radical (unpaired) electrons. The molecular weight excluding hydrogens is 426 g/mol. The number of carbonyl (C=O) groups is 2. The van der Waals surface area contributed by atoms with Crippen molar-refractivity contribution in [3.8, 4) is 10.8 Å². The van der Waals surface area contributed by atoms with E-state index in [1.165, 1.54) is 11.3 Å². The standard InChI is InChI=1S/C23H25N5O3S/c1-14-12-28(13-15(2)31-14)23(30)18-7-5-17(6-8-18)11-26-21(29)19-16(3)27-22(32-19)20-24-9-4-10-25-20/h4-10,14-15H,11-13H2,1-3H3,(H,26,29). The van der Waals surface area contributed by atoms with E-state index in [0.717, 1.165) is 5.56 Å². The minimum Gasteiger partial charge on any atom is -0.372 e. The Morgan fingerprint density at radius 2 is 1.78 bits per heavy atom. The van der Waals surface area contributed by atoms with Gasteiger partial charge in [-0.2, -0.15) is 0 Å². The smallest absolute Gasteiger partial charge is 0.263 e. The molecule has 0 saturated carbocycles. The molecule has 9 heteroatoms. The monoisotopic (exact) mass is 451 g/mol. The molecule has 0 bridgehead atoms. The van der Waals surface area contributed by atoms with Crippen molar-refractivity contribution in [1.82, 2.24) is 25.2 Å². The molecule has 0 aliphatic carbocycles. The Labute approximate surface area is 190 Å². The number of nitrogens with zero attached hydrogens (tertiary/aromatic N) is 4. The molecular formula is C23H25N5O3S. The number of aromatic nitrogens is 3. The van der Waals surface area contributed by atoms with Crippen molar-refractivity contribution in [2.45, 2.75) is 39.5 Å². The Bertz CT molecular complexity index is 1090. The van der Waals surface area contributed by atoms with E-state index in [1.807, 2.05) is 30.9 Å². The van der Waals surface area contributed by atoms with Gasteiger partial charge in [0.1, 0.15) is 4.88 Å². The van der Waals surface area contributed by atoms with Gasteiger partial charge in [0.05, 0.1) is 17.9 Å². The number of morpholine rings is 1. The van der Waals surface area contributed by atoms with Gasteiger partial charge in [-0.05, 0) is 44.5 Å². The van der Waals surface area contributed by atoms with Crippen molar-refractivity contribution in [2.24, 2.45) is 0 Å². The molecule has 1 aliphatic heterocycles. The number of hydrogen-bond donors (Lipinski definition) is 1. The van der Waals surface area contributed by atoms with Crippen LogP contribution in [0.4, 0.5) is 0 Å². The Morgan fingerprint density at radius 3 is 2.44 bits per heavy atom. The van der Waals surface area contributed by atoms with Crippen molar-refractivity contribution < 1.29 is 14.3 Å². The van der Waals surface area contributed by atoms with Gasteiger partial charge < -0.3 is 15.0 Å². The SMILES string of the molecule is Cc1nc(-c2ncccn2)sc1C(=O)NCc1ccc(C(=O)N2CC(C)OC(C)C2)cc1. The summed E-state index contributed by atoms with van der Waals surface area (Å²) in [5.41, 5.74) is 2.18. The lowest BCUT2D eigenvalue weighted by Gasteiger charge is -2.35. The topological polar surface area (TPSA) is 97.3 Å². The fourth-order valence-electron chi connectivity index (χ4n) is 3.67. The van der Waals surface area contributed by atoms with Crippen LogP contribution in [0.2, 0.25) is 0 Å². The van der Waals surface area contributed by atoms with Crippen molar-refractivity contribution in [1.29, 1.82) is 0 Å². The summed E-state index contributed by atoms with van der Waals surface area (Å²) in [5.74, 6) is 0.307. The second kappa shape index (κ2) is 9.54. The predicted molar refractivity (Wildman–Crippen MR) is 121 cm³/mol. The normalized spacial score (nSPS) is 18.4. The van der Waals surface area contributed by atoms with Crippen LogP contribution in [0.1, 0.15) is 45.1 Å². The van der Waals surface area contributed by atoms with Gasteiger partial charge in [0, 0.05) is 37.6 Å². The molecule has 3 heterocycles. The van der Waals surface area contributed by atoms with E-state index >= 15 is 0 Å². The summed E-state index contributed by atoms with van der Waals surface area (Å²) in [7, 11) is 0. The van der Waals surface area contributed by atoms with Crippen molar-refractivity contribution in [2.75, 3.05) is 13.1 Å². The first-order valence-electron chi connectivity index (χ1n) is 10.5.